The van der Waals surface area contributed by atoms with Crippen molar-refractivity contribution in [3.05, 3.63) is 65.2 Å². The molecule has 2 rings (SSSR count). The molecule has 1 atom stereocenters. The molecule has 0 saturated carbocycles. The van der Waals surface area contributed by atoms with Crippen molar-refractivity contribution < 1.29 is 9.53 Å². The third kappa shape index (κ3) is 7.46. The minimum Gasteiger partial charge on any atom is -0.489 e. The first-order chi connectivity index (χ1) is 12.5. The quantitative estimate of drug-likeness (QED) is 0.322. The van der Waals surface area contributed by atoms with E-state index in [2.05, 4.69) is 15.6 Å². The third-order valence-electron chi connectivity index (χ3n) is 3.87. The number of aryl methyl sites for hydroxylation is 1. The van der Waals surface area contributed by atoms with Gasteiger partial charge in [-0.3, -0.25) is 9.79 Å². The molecule has 0 fully saturated rings. The predicted octanol–water partition coefficient (Wildman–Crippen LogP) is 2.84. The molecule has 1 unspecified atom stereocenters. The van der Waals surface area contributed by atoms with Crippen molar-refractivity contribution >= 4 is 35.8 Å². The largest absolute Gasteiger partial charge is 0.489 e. The molecule has 146 valence electrons. The Hall–Kier alpha value is -2.29. The van der Waals surface area contributed by atoms with Crippen molar-refractivity contribution in [3.63, 3.8) is 0 Å². The predicted molar refractivity (Wildman–Crippen MR) is 120 cm³/mol. The first-order valence-corrected chi connectivity index (χ1v) is 8.55. The van der Waals surface area contributed by atoms with Crippen molar-refractivity contribution in [2.75, 3.05) is 13.6 Å². The van der Waals surface area contributed by atoms with Crippen LogP contribution >= 0.6 is 24.0 Å². The summed E-state index contributed by atoms with van der Waals surface area (Å²) in [6, 6.07) is 15.1. The summed E-state index contributed by atoms with van der Waals surface area (Å²) in [7, 11) is 1.71. The molecule has 0 saturated heterocycles. The first-order valence-electron chi connectivity index (χ1n) is 8.55. The van der Waals surface area contributed by atoms with E-state index in [1.54, 1.807) is 19.2 Å². The molecule has 27 heavy (non-hydrogen) atoms. The smallest absolute Gasteiger partial charge is 0.248 e. The second-order valence-electron chi connectivity index (χ2n) is 6.07. The van der Waals surface area contributed by atoms with Gasteiger partial charge in [0, 0.05) is 19.2 Å². The number of nitrogens with zero attached hydrogens (tertiary/aromatic N) is 1. The number of hydrogen-bond acceptors (Lipinski definition) is 3. The second kappa shape index (κ2) is 11.4. The van der Waals surface area contributed by atoms with Gasteiger partial charge >= 0.3 is 0 Å². The van der Waals surface area contributed by atoms with E-state index in [1.165, 1.54) is 0 Å². The number of guanidine groups is 1. The van der Waals surface area contributed by atoms with Gasteiger partial charge in [0.2, 0.25) is 5.91 Å². The fraction of sp³-hybridized carbons (Fsp3) is 0.300. The number of rotatable bonds is 7. The lowest BCUT2D eigenvalue weighted by Gasteiger charge is -2.19. The van der Waals surface area contributed by atoms with E-state index in [-0.39, 0.29) is 30.1 Å². The molecule has 2 aromatic rings. The van der Waals surface area contributed by atoms with Gasteiger partial charge < -0.3 is 21.1 Å². The average molecular weight is 482 g/mol. The fourth-order valence-electron chi connectivity index (χ4n) is 2.43. The Morgan fingerprint density at radius 1 is 1.19 bits per heavy atom. The Balaban J connectivity index is 0.00000364. The van der Waals surface area contributed by atoms with Gasteiger partial charge in [0.05, 0.1) is 6.54 Å². The van der Waals surface area contributed by atoms with Crippen LogP contribution in [0.3, 0.4) is 0 Å². The number of para-hydroxylation sites is 1. The number of nitrogens with two attached hydrogens (primary N) is 1. The number of hydrogen-bond donors (Lipinski definition) is 3. The van der Waals surface area contributed by atoms with E-state index in [0.717, 1.165) is 16.9 Å². The van der Waals surface area contributed by atoms with E-state index < -0.39 is 5.91 Å². The molecule has 2 aromatic carbocycles. The van der Waals surface area contributed by atoms with Crippen LogP contribution in [-0.2, 0) is 6.54 Å². The normalized spacial score (nSPS) is 11.9. The monoisotopic (exact) mass is 482 g/mol. The van der Waals surface area contributed by atoms with Gasteiger partial charge in [0.25, 0.3) is 0 Å². The van der Waals surface area contributed by atoms with Crippen LogP contribution in [0.4, 0.5) is 0 Å². The topological polar surface area (TPSA) is 88.7 Å². The van der Waals surface area contributed by atoms with E-state index in [1.807, 2.05) is 50.2 Å². The lowest BCUT2D eigenvalue weighted by Crippen LogP contribution is -2.41. The molecule has 0 bridgehead atoms. The highest BCUT2D eigenvalue weighted by Crippen LogP contribution is 2.17. The Bertz CT molecular complexity index is 780. The molecule has 0 radical (unpaired) electrons. The van der Waals surface area contributed by atoms with E-state index >= 15 is 0 Å². The zero-order chi connectivity index (χ0) is 18.9. The van der Waals surface area contributed by atoms with Gasteiger partial charge in [-0.15, -0.1) is 24.0 Å². The van der Waals surface area contributed by atoms with Crippen molar-refractivity contribution in [2.24, 2.45) is 10.7 Å². The van der Waals surface area contributed by atoms with E-state index in [0.29, 0.717) is 24.6 Å². The van der Waals surface area contributed by atoms with Crippen LogP contribution in [-0.4, -0.2) is 31.6 Å². The first kappa shape index (κ1) is 22.8. The Kier molecular flexibility index (Phi) is 9.63. The maximum Gasteiger partial charge on any atom is 0.248 e. The lowest BCUT2D eigenvalue weighted by molar-refractivity contribution is 0.1000. The second-order valence-corrected chi connectivity index (χ2v) is 6.07. The van der Waals surface area contributed by atoms with Crippen LogP contribution in [0.1, 0.15) is 28.4 Å². The van der Waals surface area contributed by atoms with Gasteiger partial charge in [-0.2, -0.15) is 0 Å². The SMILES string of the molecule is CN=C(NCc1cccc(C(N)=O)c1)NCC(C)Oc1ccccc1C.I. The van der Waals surface area contributed by atoms with Crippen LogP contribution in [0.15, 0.2) is 53.5 Å². The van der Waals surface area contributed by atoms with Gasteiger partial charge in [-0.1, -0.05) is 30.3 Å². The van der Waals surface area contributed by atoms with Crippen LogP contribution in [0.5, 0.6) is 5.75 Å². The number of primary amides is 1. The Morgan fingerprint density at radius 3 is 2.59 bits per heavy atom. The van der Waals surface area contributed by atoms with Crippen molar-refractivity contribution in [2.45, 2.75) is 26.5 Å². The number of halogens is 1. The summed E-state index contributed by atoms with van der Waals surface area (Å²) in [5, 5.41) is 6.45. The zero-order valence-electron chi connectivity index (χ0n) is 15.9. The van der Waals surface area contributed by atoms with Crippen LogP contribution in [0.25, 0.3) is 0 Å². The highest BCUT2D eigenvalue weighted by atomic mass is 127. The van der Waals surface area contributed by atoms with Crippen LogP contribution in [0.2, 0.25) is 0 Å². The van der Waals surface area contributed by atoms with E-state index in [9.17, 15) is 4.79 Å². The number of benzene rings is 2. The Morgan fingerprint density at radius 2 is 1.93 bits per heavy atom. The molecule has 0 aromatic heterocycles. The lowest BCUT2D eigenvalue weighted by atomic mass is 10.1. The molecule has 0 aliphatic heterocycles. The summed E-state index contributed by atoms with van der Waals surface area (Å²) in [5.41, 5.74) is 7.86. The Labute approximate surface area is 177 Å². The molecular weight excluding hydrogens is 455 g/mol. The standard InChI is InChI=1S/C20H26N4O2.HI/c1-14-7-4-5-10-18(14)26-15(2)12-23-20(22-3)24-13-16-8-6-9-17(11-16)19(21)25;/h4-11,15H,12-13H2,1-3H3,(H2,21,25)(H2,22,23,24);1H. The number of aliphatic imine (C=N–C) groups is 1. The number of amides is 1. The molecule has 6 nitrogen and oxygen atoms in total. The van der Waals surface area contributed by atoms with Gasteiger partial charge in [-0.05, 0) is 43.2 Å². The molecule has 0 spiro atoms. The number of carbonyl (C=O) groups is 1. The van der Waals surface area contributed by atoms with Gasteiger partial charge in [-0.25, -0.2) is 0 Å². The highest BCUT2D eigenvalue weighted by Gasteiger charge is 2.08. The van der Waals surface area contributed by atoms with Crippen molar-refractivity contribution in [1.82, 2.24) is 10.6 Å². The molecule has 0 heterocycles. The summed E-state index contributed by atoms with van der Waals surface area (Å²) in [6.45, 7) is 5.17. The minimum absolute atomic E-state index is 0. The molecule has 1 amide bonds. The average Bonchev–Trinajstić information content (AvgIpc) is 2.64. The van der Waals surface area contributed by atoms with Gasteiger partial charge in [0.15, 0.2) is 5.96 Å². The summed E-state index contributed by atoms with van der Waals surface area (Å²) in [4.78, 5) is 15.5. The minimum atomic E-state index is -0.434. The third-order valence-corrected chi connectivity index (χ3v) is 3.87. The van der Waals surface area contributed by atoms with Crippen molar-refractivity contribution in [1.29, 1.82) is 0 Å². The zero-order valence-corrected chi connectivity index (χ0v) is 18.2. The number of ether oxygens (including phenoxy) is 1. The maximum atomic E-state index is 11.3. The fourth-order valence-corrected chi connectivity index (χ4v) is 2.43. The molecule has 4 N–H and O–H groups in total. The number of carbonyl (C=O) groups excluding carboxylic acids is 1. The highest BCUT2D eigenvalue weighted by molar-refractivity contribution is 14.0. The van der Waals surface area contributed by atoms with Crippen molar-refractivity contribution in [3.8, 4) is 5.75 Å². The summed E-state index contributed by atoms with van der Waals surface area (Å²) in [6.07, 6.45) is -0.0205. The molecule has 7 heteroatoms. The number of nitrogens with one attached hydrogen (secondary N) is 2. The molecule has 0 aliphatic carbocycles. The molecular formula is C20H27IN4O2. The summed E-state index contributed by atoms with van der Waals surface area (Å²) < 4.78 is 5.95. The van der Waals surface area contributed by atoms with Gasteiger partial charge in [0.1, 0.15) is 11.9 Å². The van der Waals surface area contributed by atoms with E-state index in [4.69, 9.17) is 10.5 Å². The summed E-state index contributed by atoms with van der Waals surface area (Å²) in [5.74, 6) is 1.11. The molecule has 0 aliphatic rings. The summed E-state index contributed by atoms with van der Waals surface area (Å²) >= 11 is 0. The van der Waals surface area contributed by atoms with Crippen LogP contribution in [0, 0.1) is 6.92 Å². The van der Waals surface area contributed by atoms with Crippen LogP contribution < -0.4 is 21.1 Å². The maximum absolute atomic E-state index is 11.3.